The molecule has 2 aliphatic rings. The number of piperidine rings is 1. The van der Waals surface area contributed by atoms with Crippen LogP contribution in [0.1, 0.15) is 37.2 Å². The number of hydrogen-bond donors (Lipinski definition) is 1. The first-order valence-electron chi connectivity index (χ1n) is 11.2. The van der Waals surface area contributed by atoms with E-state index in [1.165, 1.54) is 4.70 Å². The van der Waals surface area contributed by atoms with E-state index < -0.39 is 0 Å². The number of para-hydroxylation sites is 1. The van der Waals surface area contributed by atoms with Gasteiger partial charge in [-0.15, -0.1) is 0 Å². The number of nitrogens with one attached hydrogen (secondary N) is 1. The molecule has 1 aromatic carbocycles. The molecule has 7 nitrogen and oxygen atoms in total. The molecule has 3 aromatic rings. The fourth-order valence-corrected chi connectivity index (χ4v) is 5.46. The second-order valence-corrected chi connectivity index (χ2v) is 9.56. The summed E-state index contributed by atoms with van der Waals surface area (Å²) >= 11 is 1.70. The first-order chi connectivity index (χ1) is 15.7. The number of amides is 1. The fraction of sp³-hybridized carbons (Fsp3) is 0.458. The molecule has 0 atom stereocenters. The molecule has 0 unspecified atom stereocenters. The van der Waals surface area contributed by atoms with Crippen LogP contribution in [0.5, 0.6) is 5.88 Å². The number of carbonyl (C=O) groups excluding carboxylic acids is 1. The smallest absolute Gasteiger partial charge is 0.248 e. The van der Waals surface area contributed by atoms with Gasteiger partial charge in [0, 0.05) is 50.8 Å². The number of aromatic nitrogens is 2. The highest BCUT2D eigenvalue weighted by molar-refractivity contribution is 7.22. The SMILES string of the molecule is COCC(=O)N1CCC(c2cccnc2OC2CC(Nc3nc4ccccc4s3)C2)CC1. The summed E-state index contributed by atoms with van der Waals surface area (Å²) in [6.45, 7) is 1.65. The molecule has 0 radical (unpaired) electrons. The van der Waals surface area contributed by atoms with Crippen molar-refractivity contribution in [2.75, 3.05) is 32.1 Å². The van der Waals surface area contributed by atoms with E-state index in [1.54, 1.807) is 24.6 Å². The Morgan fingerprint density at radius 2 is 2.00 bits per heavy atom. The minimum Gasteiger partial charge on any atom is -0.474 e. The van der Waals surface area contributed by atoms with Crippen molar-refractivity contribution in [2.24, 2.45) is 0 Å². The molecule has 2 fully saturated rings. The molecule has 168 valence electrons. The monoisotopic (exact) mass is 452 g/mol. The number of nitrogens with zero attached hydrogens (tertiary/aromatic N) is 3. The Morgan fingerprint density at radius 3 is 2.78 bits per heavy atom. The van der Waals surface area contributed by atoms with Crippen LogP contribution in [0.25, 0.3) is 10.2 Å². The normalized spacial score (nSPS) is 21.3. The number of likely N-dealkylation sites (tertiary alicyclic amines) is 1. The number of rotatable bonds is 7. The second kappa shape index (κ2) is 9.42. The van der Waals surface area contributed by atoms with Crippen molar-refractivity contribution in [3.63, 3.8) is 0 Å². The minimum absolute atomic E-state index is 0.0646. The predicted molar refractivity (Wildman–Crippen MR) is 125 cm³/mol. The van der Waals surface area contributed by atoms with Gasteiger partial charge in [0.15, 0.2) is 5.13 Å². The third-order valence-corrected chi connectivity index (χ3v) is 7.32. The molecule has 5 rings (SSSR count). The van der Waals surface area contributed by atoms with Crippen molar-refractivity contribution >= 4 is 32.6 Å². The van der Waals surface area contributed by atoms with Crippen molar-refractivity contribution in [1.82, 2.24) is 14.9 Å². The minimum atomic E-state index is 0.0646. The van der Waals surface area contributed by atoms with Crippen LogP contribution in [-0.2, 0) is 9.53 Å². The largest absolute Gasteiger partial charge is 0.474 e. The molecule has 1 aliphatic heterocycles. The summed E-state index contributed by atoms with van der Waals surface area (Å²) < 4.78 is 12.5. The Labute approximate surface area is 191 Å². The third-order valence-electron chi connectivity index (χ3n) is 6.35. The van der Waals surface area contributed by atoms with Crippen molar-refractivity contribution in [3.05, 3.63) is 48.2 Å². The Hall–Kier alpha value is -2.71. The van der Waals surface area contributed by atoms with E-state index in [9.17, 15) is 4.79 Å². The zero-order valence-corrected chi connectivity index (χ0v) is 19.0. The number of methoxy groups -OCH3 is 1. The first kappa shape index (κ1) is 21.2. The number of hydrogen-bond acceptors (Lipinski definition) is 7. The van der Waals surface area contributed by atoms with Crippen molar-refractivity contribution in [2.45, 2.75) is 43.7 Å². The van der Waals surface area contributed by atoms with Gasteiger partial charge in [-0.3, -0.25) is 4.79 Å². The van der Waals surface area contributed by atoms with Crippen LogP contribution in [-0.4, -0.2) is 59.7 Å². The lowest BCUT2D eigenvalue weighted by atomic mass is 9.88. The molecule has 1 saturated carbocycles. The Balaban J connectivity index is 1.15. The van der Waals surface area contributed by atoms with E-state index in [0.717, 1.165) is 60.9 Å². The molecule has 0 spiro atoms. The van der Waals surface area contributed by atoms with Crippen molar-refractivity contribution < 1.29 is 14.3 Å². The van der Waals surface area contributed by atoms with Gasteiger partial charge >= 0.3 is 0 Å². The first-order valence-corrected chi connectivity index (χ1v) is 12.0. The van der Waals surface area contributed by atoms with Crippen LogP contribution in [0.2, 0.25) is 0 Å². The topological polar surface area (TPSA) is 76.6 Å². The van der Waals surface area contributed by atoms with Gasteiger partial charge in [-0.25, -0.2) is 9.97 Å². The quantitative estimate of drug-likeness (QED) is 0.583. The van der Waals surface area contributed by atoms with E-state index in [-0.39, 0.29) is 18.6 Å². The lowest BCUT2D eigenvalue weighted by Gasteiger charge is -2.37. The number of fused-ring (bicyclic) bond motifs is 1. The molecular weight excluding hydrogens is 424 g/mol. The molecule has 1 saturated heterocycles. The summed E-state index contributed by atoms with van der Waals surface area (Å²) in [6, 6.07) is 12.7. The average molecular weight is 453 g/mol. The Kier molecular flexibility index (Phi) is 6.23. The maximum atomic E-state index is 12.1. The number of pyridine rings is 1. The van der Waals surface area contributed by atoms with Gasteiger partial charge in [0.1, 0.15) is 12.7 Å². The number of benzene rings is 1. The summed E-state index contributed by atoms with van der Waals surface area (Å²) in [6.07, 6.45) is 5.68. The molecular formula is C24H28N4O3S. The standard InChI is InChI=1S/C24H28N4O3S/c1-30-15-22(29)28-11-8-16(9-12-28)19-5-4-10-25-23(19)31-18-13-17(14-18)26-24-27-20-6-2-3-7-21(20)32-24/h2-7,10,16-18H,8-9,11-15H2,1H3,(H,26,27). The fourth-order valence-electron chi connectivity index (χ4n) is 4.51. The second-order valence-electron chi connectivity index (χ2n) is 8.53. The van der Waals surface area contributed by atoms with E-state index in [4.69, 9.17) is 9.47 Å². The van der Waals surface area contributed by atoms with Gasteiger partial charge in [0.25, 0.3) is 0 Å². The van der Waals surface area contributed by atoms with Gasteiger partial charge in [-0.05, 0) is 37.0 Å². The maximum absolute atomic E-state index is 12.1. The van der Waals surface area contributed by atoms with Crippen molar-refractivity contribution in [3.8, 4) is 5.88 Å². The van der Waals surface area contributed by atoms with Crippen LogP contribution in [0.4, 0.5) is 5.13 Å². The molecule has 1 amide bonds. The summed E-state index contributed by atoms with van der Waals surface area (Å²) in [4.78, 5) is 23.2. The molecule has 0 bridgehead atoms. The van der Waals surface area contributed by atoms with Crippen LogP contribution >= 0.6 is 11.3 Å². The van der Waals surface area contributed by atoms with E-state index in [2.05, 4.69) is 27.4 Å². The molecule has 3 heterocycles. The third kappa shape index (κ3) is 4.56. The summed E-state index contributed by atoms with van der Waals surface area (Å²) in [5, 5.41) is 4.52. The lowest BCUT2D eigenvalue weighted by Crippen LogP contribution is -2.43. The van der Waals surface area contributed by atoms with E-state index in [1.807, 2.05) is 29.2 Å². The molecule has 2 aromatic heterocycles. The number of ether oxygens (including phenoxy) is 2. The zero-order valence-electron chi connectivity index (χ0n) is 18.2. The predicted octanol–water partition coefficient (Wildman–Crippen LogP) is 4.07. The summed E-state index contributed by atoms with van der Waals surface area (Å²) in [7, 11) is 1.56. The average Bonchev–Trinajstić information content (AvgIpc) is 3.21. The van der Waals surface area contributed by atoms with Gasteiger partial charge < -0.3 is 19.7 Å². The van der Waals surface area contributed by atoms with Gasteiger partial charge in [-0.2, -0.15) is 0 Å². The summed E-state index contributed by atoms with van der Waals surface area (Å²) in [5.41, 5.74) is 2.20. The number of carbonyl (C=O) groups is 1. The van der Waals surface area contributed by atoms with Gasteiger partial charge in [-0.1, -0.05) is 29.5 Å². The highest BCUT2D eigenvalue weighted by Crippen LogP contribution is 2.36. The highest BCUT2D eigenvalue weighted by atomic mass is 32.1. The van der Waals surface area contributed by atoms with Crippen LogP contribution in [0.15, 0.2) is 42.6 Å². The molecule has 1 N–H and O–H groups in total. The van der Waals surface area contributed by atoms with Crippen molar-refractivity contribution in [1.29, 1.82) is 0 Å². The van der Waals surface area contributed by atoms with Crippen LogP contribution < -0.4 is 10.1 Å². The maximum Gasteiger partial charge on any atom is 0.248 e. The van der Waals surface area contributed by atoms with E-state index >= 15 is 0 Å². The number of anilines is 1. The molecule has 1 aliphatic carbocycles. The zero-order chi connectivity index (χ0) is 21.9. The van der Waals surface area contributed by atoms with Crippen LogP contribution in [0.3, 0.4) is 0 Å². The number of thiazole rings is 1. The molecule has 32 heavy (non-hydrogen) atoms. The van der Waals surface area contributed by atoms with Crippen LogP contribution in [0, 0.1) is 0 Å². The highest BCUT2D eigenvalue weighted by Gasteiger charge is 2.33. The van der Waals surface area contributed by atoms with Gasteiger partial charge in [0.2, 0.25) is 11.8 Å². The summed E-state index contributed by atoms with van der Waals surface area (Å²) in [5.74, 6) is 1.18. The lowest BCUT2D eigenvalue weighted by molar-refractivity contribution is -0.136. The van der Waals surface area contributed by atoms with Gasteiger partial charge in [0.05, 0.1) is 10.2 Å². The Bertz CT molecular complexity index is 1040. The van der Waals surface area contributed by atoms with E-state index in [0.29, 0.717) is 12.0 Å². The molecule has 8 heteroatoms. The Morgan fingerprint density at radius 1 is 1.19 bits per heavy atom.